The Labute approximate surface area is 158 Å². The average molecular weight is 372 g/mol. The lowest BCUT2D eigenvalue weighted by atomic mass is 10.1. The van der Waals surface area contributed by atoms with Crippen molar-refractivity contribution in [2.75, 3.05) is 31.8 Å². The normalized spacial score (nSPS) is 10.3. The van der Waals surface area contributed by atoms with Gasteiger partial charge >= 0.3 is 0 Å². The summed E-state index contributed by atoms with van der Waals surface area (Å²) >= 11 is 1.73. The maximum atomic E-state index is 12.7. The molecule has 2 amide bonds. The fourth-order valence-corrected chi connectivity index (χ4v) is 3.06. The van der Waals surface area contributed by atoms with Crippen LogP contribution in [0.25, 0.3) is 0 Å². The first-order valence-corrected chi connectivity index (χ1v) is 9.78. The Bertz CT molecular complexity index is 747. The van der Waals surface area contributed by atoms with E-state index in [2.05, 4.69) is 5.32 Å². The molecule has 138 valence electrons. The van der Waals surface area contributed by atoms with Crippen LogP contribution < -0.4 is 10.1 Å². The molecule has 0 heterocycles. The number of nitrogens with one attached hydrogen (secondary N) is 1. The highest BCUT2D eigenvalue weighted by Gasteiger charge is 2.18. The molecule has 1 N–H and O–H groups in total. The summed E-state index contributed by atoms with van der Waals surface area (Å²) < 4.78 is 5.23. The van der Waals surface area contributed by atoms with Crippen LogP contribution >= 0.6 is 11.8 Å². The van der Waals surface area contributed by atoms with E-state index in [9.17, 15) is 9.59 Å². The molecule has 6 heteroatoms. The Balaban J connectivity index is 2.03. The van der Waals surface area contributed by atoms with Crippen LogP contribution in [0.3, 0.4) is 0 Å². The van der Waals surface area contributed by atoms with Crippen molar-refractivity contribution in [2.45, 2.75) is 12.7 Å². The third-order valence-electron chi connectivity index (χ3n) is 3.90. The van der Waals surface area contributed by atoms with E-state index in [0.717, 1.165) is 5.75 Å². The Kier molecular flexibility index (Phi) is 7.53. The van der Waals surface area contributed by atoms with Crippen LogP contribution in [-0.2, 0) is 10.5 Å². The zero-order valence-corrected chi connectivity index (χ0v) is 16.1. The second-order valence-corrected chi connectivity index (χ2v) is 6.56. The summed E-state index contributed by atoms with van der Waals surface area (Å²) in [6.07, 6.45) is 2.04. The minimum absolute atomic E-state index is 0.0139. The van der Waals surface area contributed by atoms with Crippen molar-refractivity contribution in [3.8, 4) is 5.75 Å². The van der Waals surface area contributed by atoms with Crippen molar-refractivity contribution in [2.24, 2.45) is 0 Å². The Hall–Kier alpha value is -2.47. The summed E-state index contributed by atoms with van der Waals surface area (Å²) in [5, 5.41) is 2.80. The molecule has 0 aliphatic heterocycles. The highest BCUT2D eigenvalue weighted by atomic mass is 32.2. The van der Waals surface area contributed by atoms with Gasteiger partial charge in [0.1, 0.15) is 12.3 Å². The molecule has 0 unspecified atom stereocenters. The van der Waals surface area contributed by atoms with E-state index in [1.54, 1.807) is 31.0 Å². The van der Waals surface area contributed by atoms with Crippen molar-refractivity contribution in [3.63, 3.8) is 0 Å². The first-order valence-electron chi connectivity index (χ1n) is 8.39. The van der Waals surface area contributed by atoms with Gasteiger partial charge in [0.15, 0.2) is 0 Å². The number of ether oxygens (including phenoxy) is 1. The molecule has 0 radical (unpaired) electrons. The van der Waals surface area contributed by atoms with Gasteiger partial charge in [-0.25, -0.2) is 0 Å². The molecule has 0 atom stereocenters. The largest absolute Gasteiger partial charge is 0.495 e. The molecule has 0 aliphatic rings. The zero-order valence-electron chi connectivity index (χ0n) is 15.3. The van der Waals surface area contributed by atoms with Gasteiger partial charge in [0.05, 0.1) is 12.8 Å². The highest BCUT2D eigenvalue weighted by Crippen LogP contribution is 2.23. The minimum Gasteiger partial charge on any atom is -0.495 e. The van der Waals surface area contributed by atoms with Crippen molar-refractivity contribution in [1.82, 2.24) is 4.90 Å². The molecule has 0 bridgehead atoms. The number of hydrogen-bond donors (Lipinski definition) is 1. The predicted octanol–water partition coefficient (Wildman–Crippen LogP) is 3.66. The molecule has 0 fully saturated rings. The third kappa shape index (κ3) is 5.26. The van der Waals surface area contributed by atoms with Gasteiger partial charge in [-0.3, -0.25) is 9.59 Å². The first kappa shape index (κ1) is 19.8. The summed E-state index contributed by atoms with van der Waals surface area (Å²) in [6.45, 7) is 2.29. The number of benzene rings is 2. The van der Waals surface area contributed by atoms with Gasteiger partial charge in [0, 0.05) is 17.9 Å². The number of nitrogens with zero attached hydrogens (tertiary/aromatic N) is 1. The van der Waals surface area contributed by atoms with E-state index in [0.29, 0.717) is 23.5 Å². The van der Waals surface area contributed by atoms with Crippen LogP contribution in [-0.4, -0.2) is 43.2 Å². The van der Waals surface area contributed by atoms with E-state index in [1.807, 2.05) is 49.6 Å². The van der Waals surface area contributed by atoms with Gasteiger partial charge in [0.25, 0.3) is 5.91 Å². The second-order valence-electron chi connectivity index (χ2n) is 5.70. The molecule has 2 rings (SSSR count). The molecule has 5 nitrogen and oxygen atoms in total. The Morgan fingerprint density at radius 1 is 1.12 bits per heavy atom. The monoisotopic (exact) mass is 372 g/mol. The molecule has 0 aliphatic carbocycles. The third-order valence-corrected chi connectivity index (χ3v) is 4.52. The van der Waals surface area contributed by atoms with Crippen LogP contribution in [0.4, 0.5) is 5.69 Å². The highest BCUT2D eigenvalue weighted by molar-refractivity contribution is 7.97. The molecule has 0 aromatic heterocycles. The summed E-state index contributed by atoms with van der Waals surface area (Å²) in [5.41, 5.74) is 2.35. The lowest BCUT2D eigenvalue weighted by Gasteiger charge is -2.21. The van der Waals surface area contributed by atoms with Gasteiger partial charge in [-0.1, -0.05) is 24.3 Å². The number of methoxy groups -OCH3 is 1. The SMILES string of the molecule is CCN(CC(=O)Nc1ccccc1OC)C(=O)c1ccc(CSC)cc1. The average Bonchev–Trinajstić information content (AvgIpc) is 2.67. The number of carbonyl (C=O) groups is 2. The van der Waals surface area contributed by atoms with Crippen molar-refractivity contribution in [3.05, 3.63) is 59.7 Å². The lowest BCUT2D eigenvalue weighted by Crippen LogP contribution is -2.37. The number of likely N-dealkylation sites (N-methyl/N-ethyl adjacent to an activating group) is 1. The first-order chi connectivity index (χ1) is 12.6. The van der Waals surface area contributed by atoms with Crippen LogP contribution in [0.1, 0.15) is 22.8 Å². The Morgan fingerprint density at radius 3 is 2.42 bits per heavy atom. The van der Waals surface area contributed by atoms with E-state index in [1.165, 1.54) is 10.5 Å². The maximum Gasteiger partial charge on any atom is 0.254 e. The van der Waals surface area contributed by atoms with Crippen LogP contribution in [0.15, 0.2) is 48.5 Å². The summed E-state index contributed by atoms with van der Waals surface area (Å²) in [5.74, 6) is 1.08. The summed E-state index contributed by atoms with van der Waals surface area (Å²) in [6, 6.07) is 14.7. The number of rotatable bonds is 8. The number of hydrogen-bond acceptors (Lipinski definition) is 4. The van der Waals surface area contributed by atoms with Crippen molar-refractivity contribution >= 4 is 29.3 Å². The number of anilines is 1. The number of para-hydroxylation sites is 2. The molecule has 2 aromatic rings. The topological polar surface area (TPSA) is 58.6 Å². The smallest absolute Gasteiger partial charge is 0.254 e. The fourth-order valence-electron chi connectivity index (χ4n) is 2.53. The molecule has 2 aromatic carbocycles. The maximum absolute atomic E-state index is 12.7. The molecular weight excluding hydrogens is 348 g/mol. The fraction of sp³-hybridized carbons (Fsp3) is 0.300. The molecule has 0 spiro atoms. The summed E-state index contributed by atoms with van der Waals surface area (Å²) in [4.78, 5) is 26.6. The minimum atomic E-state index is -0.260. The predicted molar refractivity (Wildman–Crippen MR) is 107 cm³/mol. The van der Waals surface area contributed by atoms with E-state index in [-0.39, 0.29) is 18.4 Å². The van der Waals surface area contributed by atoms with Crippen molar-refractivity contribution < 1.29 is 14.3 Å². The van der Waals surface area contributed by atoms with Gasteiger partial charge < -0.3 is 15.0 Å². The molecule has 0 saturated heterocycles. The van der Waals surface area contributed by atoms with Gasteiger partial charge in [-0.2, -0.15) is 11.8 Å². The van der Waals surface area contributed by atoms with E-state index in [4.69, 9.17) is 4.74 Å². The second kappa shape index (κ2) is 9.87. The van der Waals surface area contributed by atoms with E-state index < -0.39 is 0 Å². The zero-order chi connectivity index (χ0) is 18.9. The quantitative estimate of drug-likeness (QED) is 0.768. The number of amides is 2. The summed E-state index contributed by atoms with van der Waals surface area (Å²) in [7, 11) is 1.55. The standard InChI is InChI=1S/C20H24N2O3S/c1-4-22(20(24)16-11-9-15(10-12-16)14-26-3)13-19(23)21-17-7-5-6-8-18(17)25-2/h5-12H,4,13-14H2,1-3H3,(H,21,23). The van der Waals surface area contributed by atoms with Crippen LogP contribution in [0.2, 0.25) is 0 Å². The van der Waals surface area contributed by atoms with Crippen LogP contribution in [0.5, 0.6) is 5.75 Å². The van der Waals surface area contributed by atoms with E-state index >= 15 is 0 Å². The van der Waals surface area contributed by atoms with Gasteiger partial charge in [-0.15, -0.1) is 0 Å². The number of thioether (sulfide) groups is 1. The Morgan fingerprint density at radius 2 is 1.81 bits per heavy atom. The van der Waals surface area contributed by atoms with Gasteiger partial charge in [-0.05, 0) is 43.0 Å². The van der Waals surface area contributed by atoms with Crippen LogP contribution in [0, 0.1) is 0 Å². The molecule has 0 saturated carbocycles. The van der Waals surface area contributed by atoms with Crippen molar-refractivity contribution in [1.29, 1.82) is 0 Å². The van der Waals surface area contributed by atoms with Gasteiger partial charge in [0.2, 0.25) is 5.91 Å². The molecule has 26 heavy (non-hydrogen) atoms. The number of carbonyl (C=O) groups excluding carboxylic acids is 2. The molecular formula is C20H24N2O3S. The lowest BCUT2D eigenvalue weighted by molar-refractivity contribution is -0.116.